The van der Waals surface area contributed by atoms with Gasteiger partial charge in [-0.15, -0.1) is 10.2 Å². The van der Waals surface area contributed by atoms with E-state index >= 15 is 0 Å². The van der Waals surface area contributed by atoms with Gasteiger partial charge in [-0.2, -0.15) is 13.2 Å². The molecular weight excluding hydrogens is 377 g/mol. The summed E-state index contributed by atoms with van der Waals surface area (Å²) in [6.45, 7) is -1.11. The molecule has 1 saturated carbocycles. The maximum absolute atomic E-state index is 12.1. The Hall–Kier alpha value is -2.00. The second-order valence-electron chi connectivity index (χ2n) is 6.53. The van der Waals surface area contributed by atoms with Crippen LogP contribution in [-0.4, -0.2) is 44.9 Å². The van der Waals surface area contributed by atoms with Crippen LogP contribution < -0.4 is 0 Å². The summed E-state index contributed by atoms with van der Waals surface area (Å²) in [4.78, 5) is 3.26. The smallest absolute Gasteiger partial charge is 0.372 e. The normalized spacial score (nSPS) is 14.9. The van der Waals surface area contributed by atoms with Crippen LogP contribution in [0.2, 0.25) is 0 Å². The van der Waals surface area contributed by atoms with Gasteiger partial charge in [0.2, 0.25) is 0 Å². The number of H-pyrrole nitrogens is 1. The number of rotatable bonds is 8. The molecule has 1 aromatic carbocycles. The fourth-order valence-electron chi connectivity index (χ4n) is 2.99. The molecule has 2 heterocycles. The van der Waals surface area contributed by atoms with Gasteiger partial charge in [0, 0.05) is 41.1 Å². The maximum atomic E-state index is 12.1. The van der Waals surface area contributed by atoms with E-state index in [0.29, 0.717) is 18.2 Å². The van der Waals surface area contributed by atoms with Crippen molar-refractivity contribution < 1.29 is 17.9 Å². The Balaban J connectivity index is 1.44. The van der Waals surface area contributed by atoms with E-state index in [-0.39, 0.29) is 6.61 Å². The Morgan fingerprint density at radius 2 is 2.04 bits per heavy atom. The first kappa shape index (κ1) is 18.4. The third-order valence-corrected chi connectivity index (χ3v) is 5.37. The van der Waals surface area contributed by atoms with Gasteiger partial charge in [0.15, 0.2) is 11.0 Å². The van der Waals surface area contributed by atoms with Gasteiger partial charge in [-0.25, -0.2) is 0 Å². The summed E-state index contributed by atoms with van der Waals surface area (Å²) >= 11 is 1.51. The summed E-state index contributed by atoms with van der Waals surface area (Å²) in [5.74, 6) is 1.47. The van der Waals surface area contributed by atoms with Crippen LogP contribution in [0.4, 0.5) is 13.2 Å². The largest absolute Gasteiger partial charge is 0.411 e. The first-order valence-electron chi connectivity index (χ1n) is 8.81. The van der Waals surface area contributed by atoms with Crippen LogP contribution in [0.1, 0.15) is 25.3 Å². The van der Waals surface area contributed by atoms with Gasteiger partial charge < -0.3 is 9.72 Å². The highest BCUT2D eigenvalue weighted by molar-refractivity contribution is 7.99. The zero-order valence-corrected chi connectivity index (χ0v) is 15.3. The summed E-state index contributed by atoms with van der Waals surface area (Å²) in [6, 6.07) is 8.45. The molecule has 3 aromatic rings. The van der Waals surface area contributed by atoms with E-state index in [2.05, 4.69) is 30.6 Å². The maximum Gasteiger partial charge on any atom is 0.411 e. The second kappa shape index (κ2) is 7.55. The van der Waals surface area contributed by atoms with Gasteiger partial charge in [0.05, 0.1) is 0 Å². The number of nitrogens with one attached hydrogen (secondary N) is 1. The van der Waals surface area contributed by atoms with Crippen LogP contribution in [-0.2, 0) is 4.74 Å². The number of halogens is 3. The molecule has 0 unspecified atom stereocenters. The van der Waals surface area contributed by atoms with Crippen molar-refractivity contribution in [3.63, 3.8) is 0 Å². The number of benzene rings is 1. The van der Waals surface area contributed by atoms with Crippen LogP contribution in [0.15, 0.2) is 35.6 Å². The molecule has 1 N–H and O–H groups in total. The number of aromatic amines is 1. The highest BCUT2D eigenvalue weighted by Gasteiger charge is 2.31. The number of thioether (sulfide) groups is 1. The molecule has 1 aliphatic carbocycles. The molecule has 27 heavy (non-hydrogen) atoms. The highest BCUT2D eigenvalue weighted by Crippen LogP contribution is 2.42. The number of hydrogen-bond acceptors (Lipinski definition) is 4. The van der Waals surface area contributed by atoms with Crippen molar-refractivity contribution in [2.75, 3.05) is 19.0 Å². The molecule has 0 amide bonds. The van der Waals surface area contributed by atoms with Crippen LogP contribution in [0.3, 0.4) is 0 Å². The highest BCUT2D eigenvalue weighted by atomic mass is 32.2. The monoisotopic (exact) mass is 396 g/mol. The molecule has 1 fully saturated rings. The first-order chi connectivity index (χ1) is 13.0. The van der Waals surface area contributed by atoms with Crippen LogP contribution >= 0.6 is 11.8 Å². The summed E-state index contributed by atoms with van der Waals surface area (Å²) in [5.41, 5.74) is 2.07. The molecule has 0 spiro atoms. The SMILES string of the molecule is FC(F)(F)COCCCSc1nnc(-c2c[nH]c3ccccc23)n1C1CC1. The summed E-state index contributed by atoms with van der Waals surface area (Å²) in [5, 5.41) is 10.7. The molecule has 0 aliphatic heterocycles. The third kappa shape index (κ3) is 4.30. The van der Waals surface area contributed by atoms with E-state index in [1.165, 1.54) is 11.8 Å². The Morgan fingerprint density at radius 1 is 1.22 bits per heavy atom. The quantitative estimate of drug-likeness (QED) is 0.438. The number of hydrogen-bond donors (Lipinski definition) is 1. The van der Waals surface area contributed by atoms with Gasteiger partial charge in [-0.05, 0) is 25.3 Å². The first-order valence-corrected chi connectivity index (χ1v) is 9.80. The van der Waals surface area contributed by atoms with E-state index in [0.717, 1.165) is 40.3 Å². The Kier molecular flexibility index (Phi) is 5.14. The number of aromatic nitrogens is 4. The lowest BCUT2D eigenvalue weighted by Crippen LogP contribution is -2.17. The standard InChI is InChI=1S/C18H19F3N4OS/c19-18(20,21)11-26-8-3-9-27-17-24-23-16(25(17)12-6-7-12)14-10-22-15-5-2-1-4-13(14)15/h1-2,4-5,10,12,22H,3,6-9,11H2. The van der Waals surface area contributed by atoms with Crippen molar-refractivity contribution in [2.24, 2.45) is 0 Å². The van der Waals surface area contributed by atoms with E-state index < -0.39 is 12.8 Å². The molecule has 4 rings (SSSR count). The lowest BCUT2D eigenvalue weighted by Gasteiger charge is -2.09. The molecule has 0 saturated heterocycles. The van der Waals surface area contributed by atoms with Gasteiger partial charge >= 0.3 is 6.18 Å². The molecule has 5 nitrogen and oxygen atoms in total. The fourth-order valence-corrected chi connectivity index (χ4v) is 3.91. The zero-order chi connectivity index (χ0) is 18.9. The van der Waals surface area contributed by atoms with Crippen LogP contribution in [0, 0.1) is 0 Å². The average molecular weight is 396 g/mol. The van der Waals surface area contributed by atoms with Gasteiger partial charge in [0.25, 0.3) is 0 Å². The number of alkyl halides is 3. The molecular formula is C18H19F3N4OS. The van der Waals surface area contributed by atoms with Crippen molar-refractivity contribution in [1.29, 1.82) is 0 Å². The molecule has 1 aliphatic rings. The Morgan fingerprint density at radius 3 is 2.81 bits per heavy atom. The van der Waals surface area contributed by atoms with Gasteiger partial charge in [-0.3, -0.25) is 4.57 Å². The summed E-state index contributed by atoms with van der Waals surface area (Å²) in [7, 11) is 0. The average Bonchev–Trinajstić information content (AvgIpc) is 3.24. The topological polar surface area (TPSA) is 55.7 Å². The van der Waals surface area contributed by atoms with Crippen molar-refractivity contribution in [2.45, 2.75) is 36.6 Å². The Labute approximate surface area is 158 Å². The number of para-hydroxylation sites is 1. The van der Waals surface area contributed by atoms with Crippen LogP contribution in [0.5, 0.6) is 0 Å². The van der Waals surface area contributed by atoms with Crippen LogP contribution in [0.25, 0.3) is 22.3 Å². The minimum atomic E-state index is -4.27. The lowest BCUT2D eigenvalue weighted by atomic mass is 10.1. The minimum Gasteiger partial charge on any atom is -0.372 e. The lowest BCUT2D eigenvalue weighted by molar-refractivity contribution is -0.173. The van der Waals surface area contributed by atoms with Gasteiger partial charge in [0.1, 0.15) is 6.61 Å². The molecule has 0 bridgehead atoms. The van der Waals surface area contributed by atoms with Crippen molar-refractivity contribution in [1.82, 2.24) is 19.7 Å². The van der Waals surface area contributed by atoms with Crippen molar-refractivity contribution in [3.05, 3.63) is 30.5 Å². The van der Waals surface area contributed by atoms with Crippen molar-refractivity contribution in [3.8, 4) is 11.4 Å². The van der Waals surface area contributed by atoms with Crippen molar-refractivity contribution >= 4 is 22.7 Å². The van der Waals surface area contributed by atoms with E-state index in [1.807, 2.05) is 24.4 Å². The molecule has 0 atom stereocenters. The Bertz CT molecular complexity index is 917. The molecule has 144 valence electrons. The summed E-state index contributed by atoms with van der Waals surface area (Å²) in [6.07, 6.45) is 0.395. The van der Waals surface area contributed by atoms with E-state index in [9.17, 15) is 13.2 Å². The molecule has 0 radical (unpaired) electrons. The predicted octanol–water partition coefficient (Wildman–Crippen LogP) is 4.82. The molecule has 9 heteroatoms. The van der Waals surface area contributed by atoms with Gasteiger partial charge in [-0.1, -0.05) is 30.0 Å². The third-order valence-electron chi connectivity index (χ3n) is 4.34. The zero-order valence-electron chi connectivity index (χ0n) is 14.5. The summed E-state index contributed by atoms with van der Waals surface area (Å²) < 4.78 is 43.0. The number of ether oxygens (including phenoxy) is 1. The van der Waals surface area contributed by atoms with E-state index in [1.54, 1.807) is 0 Å². The molecule has 2 aromatic heterocycles. The minimum absolute atomic E-state index is 0.0827. The van der Waals surface area contributed by atoms with E-state index in [4.69, 9.17) is 0 Å². The second-order valence-corrected chi connectivity index (χ2v) is 7.59. The number of fused-ring (bicyclic) bond motifs is 1. The number of nitrogens with zero attached hydrogens (tertiary/aromatic N) is 3. The predicted molar refractivity (Wildman–Crippen MR) is 97.8 cm³/mol. The fraction of sp³-hybridized carbons (Fsp3) is 0.444.